The van der Waals surface area contributed by atoms with E-state index in [0.29, 0.717) is 5.13 Å². The Bertz CT molecular complexity index is 957. The molecule has 7 nitrogen and oxygen atoms in total. The summed E-state index contributed by atoms with van der Waals surface area (Å²) < 4.78 is 0.806. The van der Waals surface area contributed by atoms with Gasteiger partial charge in [0.1, 0.15) is 0 Å². The maximum absolute atomic E-state index is 12.2. The number of nitrogens with zero attached hydrogens (tertiary/aromatic N) is 3. The molecule has 1 N–H and O–H groups in total. The zero-order chi connectivity index (χ0) is 19.2. The van der Waals surface area contributed by atoms with E-state index in [-0.39, 0.29) is 23.6 Å². The van der Waals surface area contributed by atoms with E-state index in [1.54, 1.807) is 17.8 Å². The average Bonchev–Trinajstić information content (AvgIpc) is 3.13. The second-order valence-corrected chi connectivity index (χ2v) is 7.93. The normalized spacial score (nSPS) is 10.6. The van der Waals surface area contributed by atoms with Gasteiger partial charge in [0.25, 0.3) is 5.69 Å². The first-order valence-electron chi connectivity index (χ1n) is 8.04. The van der Waals surface area contributed by atoms with E-state index >= 15 is 0 Å². The molecule has 0 aliphatic heterocycles. The number of carbonyl (C=O) groups excluding carboxylic acids is 1. The van der Waals surface area contributed by atoms with Crippen LogP contribution in [-0.2, 0) is 5.75 Å². The van der Waals surface area contributed by atoms with Gasteiger partial charge in [-0.3, -0.25) is 14.9 Å². The van der Waals surface area contributed by atoms with Crippen molar-refractivity contribution in [1.82, 2.24) is 10.2 Å². The molecule has 2 aromatic carbocycles. The summed E-state index contributed by atoms with van der Waals surface area (Å²) in [5.74, 6) is 0.546. The number of ketones is 1. The number of aryl methyl sites for hydroxylation is 1. The van der Waals surface area contributed by atoms with Crippen LogP contribution >= 0.6 is 23.1 Å². The van der Waals surface area contributed by atoms with Gasteiger partial charge < -0.3 is 5.32 Å². The van der Waals surface area contributed by atoms with E-state index in [2.05, 4.69) is 46.7 Å². The molecule has 0 spiro atoms. The Hall–Kier alpha value is -2.78. The van der Waals surface area contributed by atoms with Crippen molar-refractivity contribution in [2.75, 3.05) is 11.9 Å². The van der Waals surface area contributed by atoms with Crippen molar-refractivity contribution < 1.29 is 9.72 Å². The maximum Gasteiger partial charge on any atom is 0.270 e. The van der Waals surface area contributed by atoms with Crippen molar-refractivity contribution in [1.29, 1.82) is 0 Å². The van der Waals surface area contributed by atoms with Gasteiger partial charge >= 0.3 is 0 Å². The molecule has 0 atom stereocenters. The molecule has 3 aromatic rings. The molecule has 1 heterocycles. The summed E-state index contributed by atoms with van der Waals surface area (Å²) in [5.41, 5.74) is 2.61. The molecular weight excluding hydrogens is 384 g/mol. The van der Waals surface area contributed by atoms with Crippen molar-refractivity contribution in [3.05, 3.63) is 75.3 Å². The third-order valence-corrected chi connectivity index (χ3v) is 5.75. The molecule has 27 heavy (non-hydrogen) atoms. The van der Waals surface area contributed by atoms with Crippen molar-refractivity contribution in [3.63, 3.8) is 0 Å². The highest BCUT2D eigenvalue weighted by Gasteiger charge is 2.12. The molecule has 0 unspecified atom stereocenters. The highest BCUT2D eigenvalue weighted by Crippen LogP contribution is 2.28. The molecule has 0 saturated heterocycles. The first-order chi connectivity index (χ1) is 13.0. The lowest BCUT2D eigenvalue weighted by Crippen LogP contribution is -2.14. The van der Waals surface area contributed by atoms with Gasteiger partial charge in [0.05, 0.1) is 11.5 Å². The Morgan fingerprint density at radius 1 is 1.22 bits per heavy atom. The van der Waals surface area contributed by atoms with Gasteiger partial charge in [-0.05, 0) is 12.5 Å². The van der Waals surface area contributed by atoms with Crippen LogP contribution in [0.1, 0.15) is 21.5 Å². The zero-order valence-electron chi connectivity index (χ0n) is 14.4. The van der Waals surface area contributed by atoms with Gasteiger partial charge in [-0.2, -0.15) is 0 Å². The number of non-ortho nitro benzene ring substituents is 1. The van der Waals surface area contributed by atoms with Gasteiger partial charge in [0.2, 0.25) is 5.13 Å². The third kappa shape index (κ3) is 5.35. The predicted molar refractivity (Wildman–Crippen MR) is 107 cm³/mol. The van der Waals surface area contributed by atoms with E-state index in [1.807, 2.05) is 0 Å². The Kier molecular flexibility index (Phi) is 6.15. The lowest BCUT2D eigenvalue weighted by molar-refractivity contribution is -0.384. The molecule has 9 heteroatoms. The number of nitro groups is 1. The van der Waals surface area contributed by atoms with Crippen molar-refractivity contribution >= 4 is 39.7 Å². The minimum absolute atomic E-state index is 0.00156. The molecule has 3 rings (SSSR count). The quantitative estimate of drug-likeness (QED) is 0.260. The van der Waals surface area contributed by atoms with Crippen LogP contribution in [0.25, 0.3) is 0 Å². The fourth-order valence-electron chi connectivity index (χ4n) is 2.22. The number of Topliss-reactive ketones (excluding diaryl/α,β-unsaturated/α-hetero) is 1. The lowest BCUT2D eigenvalue weighted by atomic mass is 10.1. The predicted octanol–water partition coefficient (Wildman–Crippen LogP) is 4.34. The number of benzene rings is 2. The lowest BCUT2D eigenvalue weighted by Gasteiger charge is -2.02. The minimum atomic E-state index is -0.521. The largest absolute Gasteiger partial charge is 0.353 e. The number of hydrogen-bond donors (Lipinski definition) is 1. The van der Waals surface area contributed by atoms with Crippen LogP contribution in [0.15, 0.2) is 52.9 Å². The van der Waals surface area contributed by atoms with Gasteiger partial charge in [0, 0.05) is 23.4 Å². The van der Waals surface area contributed by atoms with Crippen molar-refractivity contribution in [2.24, 2.45) is 0 Å². The second kappa shape index (κ2) is 8.74. The maximum atomic E-state index is 12.2. The van der Waals surface area contributed by atoms with Crippen molar-refractivity contribution in [2.45, 2.75) is 17.0 Å². The Labute approximate surface area is 164 Å². The highest BCUT2D eigenvalue weighted by atomic mass is 32.2. The molecule has 0 saturated carbocycles. The Morgan fingerprint density at radius 2 is 2.00 bits per heavy atom. The Balaban J connectivity index is 1.53. The van der Waals surface area contributed by atoms with Crippen LogP contribution in [0.4, 0.5) is 10.8 Å². The summed E-state index contributed by atoms with van der Waals surface area (Å²) in [6, 6.07) is 14.0. The molecule has 0 bridgehead atoms. The highest BCUT2D eigenvalue weighted by molar-refractivity contribution is 8.00. The van der Waals surface area contributed by atoms with Gasteiger partial charge in [-0.15, -0.1) is 10.2 Å². The smallest absolute Gasteiger partial charge is 0.270 e. The van der Waals surface area contributed by atoms with E-state index < -0.39 is 4.92 Å². The van der Waals surface area contributed by atoms with Crippen LogP contribution in [0.5, 0.6) is 0 Å². The monoisotopic (exact) mass is 400 g/mol. The number of carbonyl (C=O) groups is 1. The minimum Gasteiger partial charge on any atom is -0.353 e. The summed E-state index contributed by atoms with van der Waals surface area (Å²) in [4.78, 5) is 22.5. The van der Waals surface area contributed by atoms with Crippen LogP contribution in [0, 0.1) is 17.0 Å². The van der Waals surface area contributed by atoms with Gasteiger partial charge in [-0.1, -0.05) is 65.1 Å². The van der Waals surface area contributed by atoms with Gasteiger partial charge in [-0.25, -0.2) is 0 Å². The SMILES string of the molecule is Cc1ccc(CSc2nnc(NCC(=O)c3cccc([N+](=O)[O-])c3)s2)cc1. The van der Waals surface area contributed by atoms with Crippen LogP contribution in [0.2, 0.25) is 0 Å². The molecule has 0 radical (unpaired) electrons. The molecular formula is C18H16N4O3S2. The number of nitrogens with one attached hydrogen (secondary N) is 1. The summed E-state index contributed by atoms with van der Waals surface area (Å²) in [6.07, 6.45) is 0. The molecule has 0 aliphatic carbocycles. The first kappa shape index (κ1) is 19.0. The number of hydrogen-bond acceptors (Lipinski definition) is 8. The van der Waals surface area contributed by atoms with Crippen LogP contribution in [-0.4, -0.2) is 27.4 Å². The summed E-state index contributed by atoms with van der Waals surface area (Å²) in [7, 11) is 0. The molecule has 0 fully saturated rings. The number of nitro benzene ring substituents is 1. The third-order valence-electron chi connectivity index (χ3n) is 3.67. The Morgan fingerprint density at radius 3 is 2.74 bits per heavy atom. The first-order valence-corrected chi connectivity index (χ1v) is 9.85. The number of thioether (sulfide) groups is 1. The number of aromatic nitrogens is 2. The number of rotatable bonds is 8. The second-order valence-electron chi connectivity index (χ2n) is 5.73. The standard InChI is InChI=1S/C18H16N4O3S2/c1-12-5-7-13(8-6-12)11-26-18-21-20-17(27-18)19-10-16(23)14-3-2-4-15(9-14)22(24)25/h2-9H,10-11H2,1H3,(H,19,20). The topological polar surface area (TPSA) is 98.0 Å². The summed E-state index contributed by atoms with van der Waals surface area (Å²) >= 11 is 2.95. The van der Waals surface area contributed by atoms with Crippen LogP contribution in [0.3, 0.4) is 0 Å². The van der Waals surface area contributed by atoms with Crippen LogP contribution < -0.4 is 5.32 Å². The van der Waals surface area contributed by atoms with Crippen molar-refractivity contribution in [3.8, 4) is 0 Å². The van der Waals surface area contributed by atoms with Gasteiger partial charge in [0.15, 0.2) is 10.1 Å². The molecule has 0 aliphatic rings. The fourth-order valence-corrected chi connectivity index (χ4v) is 3.92. The van der Waals surface area contributed by atoms with E-state index in [4.69, 9.17) is 0 Å². The van der Waals surface area contributed by atoms with E-state index in [1.165, 1.54) is 40.7 Å². The molecule has 138 valence electrons. The molecule has 1 aromatic heterocycles. The summed E-state index contributed by atoms with van der Waals surface area (Å²) in [6.45, 7) is 2.05. The zero-order valence-corrected chi connectivity index (χ0v) is 16.0. The average molecular weight is 400 g/mol. The fraction of sp³-hybridized carbons (Fsp3) is 0.167. The summed E-state index contributed by atoms with van der Waals surface area (Å²) in [5, 5.41) is 22.4. The van der Waals surface area contributed by atoms with E-state index in [0.717, 1.165) is 10.1 Å². The molecule has 0 amide bonds. The number of anilines is 1. The van der Waals surface area contributed by atoms with E-state index in [9.17, 15) is 14.9 Å².